The van der Waals surface area contributed by atoms with Gasteiger partial charge in [-0.15, -0.1) is 0 Å². The summed E-state index contributed by atoms with van der Waals surface area (Å²) >= 11 is 5.58. The Labute approximate surface area is 124 Å². The molecule has 1 fully saturated rings. The van der Waals surface area contributed by atoms with Crippen molar-refractivity contribution >= 4 is 17.2 Å². The van der Waals surface area contributed by atoms with Crippen molar-refractivity contribution in [2.24, 2.45) is 0 Å². The van der Waals surface area contributed by atoms with Crippen LogP contribution in [0.1, 0.15) is 5.56 Å². The van der Waals surface area contributed by atoms with Crippen LogP contribution in [0.3, 0.4) is 0 Å². The molecule has 0 bridgehead atoms. The molecule has 1 saturated heterocycles. The lowest BCUT2D eigenvalue weighted by Gasteiger charge is -2.30. The summed E-state index contributed by atoms with van der Waals surface area (Å²) < 4.78 is 21.4. The van der Waals surface area contributed by atoms with Crippen LogP contribution in [-0.4, -0.2) is 57.5 Å². The Morgan fingerprint density at radius 2 is 1.55 bits per heavy atom. The van der Waals surface area contributed by atoms with Crippen molar-refractivity contribution in [1.82, 2.24) is 4.90 Å². The van der Waals surface area contributed by atoms with Crippen LogP contribution in [0.2, 0.25) is 0 Å². The van der Waals surface area contributed by atoms with Crippen LogP contribution < -0.4 is 14.2 Å². The van der Waals surface area contributed by atoms with Gasteiger partial charge >= 0.3 is 0 Å². The molecule has 1 aliphatic rings. The molecule has 0 amide bonds. The third-order valence-corrected chi connectivity index (χ3v) is 3.71. The first kappa shape index (κ1) is 14.9. The van der Waals surface area contributed by atoms with E-state index < -0.39 is 0 Å². The zero-order chi connectivity index (χ0) is 14.5. The van der Waals surface area contributed by atoms with E-state index in [-0.39, 0.29) is 0 Å². The Morgan fingerprint density at radius 1 is 1.00 bits per heavy atom. The number of hydrogen-bond donors (Lipinski definition) is 0. The lowest BCUT2D eigenvalue weighted by atomic mass is 10.1. The average Bonchev–Trinajstić information content (AvgIpc) is 2.53. The van der Waals surface area contributed by atoms with Crippen molar-refractivity contribution < 1.29 is 18.9 Å². The lowest BCUT2D eigenvalue weighted by Crippen LogP contribution is -2.40. The fourth-order valence-electron chi connectivity index (χ4n) is 2.13. The van der Waals surface area contributed by atoms with Crippen LogP contribution >= 0.6 is 12.2 Å². The quantitative estimate of drug-likeness (QED) is 0.788. The van der Waals surface area contributed by atoms with Crippen LogP contribution in [-0.2, 0) is 4.74 Å². The maximum atomic E-state index is 5.58. The molecule has 20 heavy (non-hydrogen) atoms. The smallest absolute Gasteiger partial charge is 0.164 e. The van der Waals surface area contributed by atoms with Crippen LogP contribution in [0.25, 0.3) is 0 Å². The summed E-state index contributed by atoms with van der Waals surface area (Å²) in [7, 11) is 4.82. The second kappa shape index (κ2) is 6.76. The summed E-state index contributed by atoms with van der Waals surface area (Å²) in [5.41, 5.74) is 0.835. The maximum absolute atomic E-state index is 5.58. The van der Waals surface area contributed by atoms with Gasteiger partial charge in [-0.25, -0.2) is 0 Å². The van der Waals surface area contributed by atoms with E-state index in [9.17, 15) is 0 Å². The summed E-state index contributed by atoms with van der Waals surface area (Å²) in [6.45, 7) is 2.96. The molecule has 110 valence electrons. The monoisotopic (exact) mass is 297 g/mol. The molecule has 0 aliphatic carbocycles. The van der Waals surface area contributed by atoms with Gasteiger partial charge in [0, 0.05) is 19.2 Å². The highest BCUT2D eigenvalue weighted by Crippen LogP contribution is 2.35. The van der Waals surface area contributed by atoms with E-state index in [4.69, 9.17) is 31.2 Å². The molecule has 1 aromatic rings. The van der Waals surface area contributed by atoms with Crippen LogP contribution in [0, 0.1) is 0 Å². The van der Waals surface area contributed by atoms with E-state index in [2.05, 4.69) is 4.90 Å². The summed E-state index contributed by atoms with van der Waals surface area (Å²) in [5, 5.41) is 0. The molecule has 0 saturated carbocycles. The van der Waals surface area contributed by atoms with Crippen LogP contribution in [0.5, 0.6) is 17.2 Å². The van der Waals surface area contributed by atoms with Gasteiger partial charge in [-0.3, -0.25) is 0 Å². The fourth-order valence-corrected chi connectivity index (χ4v) is 2.48. The average molecular weight is 297 g/mol. The number of thiocarbonyl (C=S) groups is 1. The number of benzene rings is 1. The number of morpholine rings is 1. The van der Waals surface area contributed by atoms with E-state index in [1.54, 1.807) is 27.4 Å². The van der Waals surface area contributed by atoms with Crippen molar-refractivity contribution in [1.29, 1.82) is 0 Å². The number of nitrogens with zero attached hydrogens (tertiary/aromatic N) is 1. The molecular formula is C14H19NO4S. The number of hydrogen-bond acceptors (Lipinski definition) is 5. The van der Waals surface area contributed by atoms with Gasteiger partial charge in [0.05, 0.1) is 40.1 Å². The van der Waals surface area contributed by atoms with E-state index in [1.807, 2.05) is 6.07 Å². The van der Waals surface area contributed by atoms with Crippen LogP contribution in [0.4, 0.5) is 0 Å². The molecular weight excluding hydrogens is 278 g/mol. The highest BCUT2D eigenvalue weighted by molar-refractivity contribution is 7.80. The molecule has 0 unspecified atom stereocenters. The molecule has 1 aromatic carbocycles. The number of methoxy groups -OCH3 is 3. The molecule has 6 heteroatoms. The topological polar surface area (TPSA) is 40.2 Å². The Bertz CT molecular complexity index is 486. The Kier molecular flexibility index (Phi) is 5.03. The number of rotatable bonds is 4. The minimum Gasteiger partial charge on any atom is -0.496 e. The highest BCUT2D eigenvalue weighted by atomic mass is 32.1. The predicted octanol–water partition coefficient (Wildman–Crippen LogP) is 1.72. The molecule has 0 spiro atoms. The van der Waals surface area contributed by atoms with Crippen molar-refractivity contribution in [3.63, 3.8) is 0 Å². The van der Waals surface area contributed by atoms with Gasteiger partial charge in [0.1, 0.15) is 10.7 Å². The van der Waals surface area contributed by atoms with E-state index in [1.165, 1.54) is 0 Å². The third-order valence-electron chi connectivity index (χ3n) is 3.23. The minimum absolute atomic E-state index is 0.623. The molecule has 0 radical (unpaired) electrons. The van der Waals surface area contributed by atoms with Crippen LogP contribution in [0.15, 0.2) is 12.1 Å². The van der Waals surface area contributed by atoms with Gasteiger partial charge in [-0.1, -0.05) is 12.2 Å². The first-order valence-electron chi connectivity index (χ1n) is 6.38. The van der Waals surface area contributed by atoms with Gasteiger partial charge in [0.15, 0.2) is 11.5 Å². The number of ether oxygens (including phenoxy) is 4. The largest absolute Gasteiger partial charge is 0.496 e. The van der Waals surface area contributed by atoms with Gasteiger partial charge in [-0.05, 0) is 6.07 Å². The SMILES string of the molecule is COc1cc(OC)c(C(=S)N2CCOCC2)cc1OC. The minimum atomic E-state index is 0.623. The van der Waals surface area contributed by atoms with E-state index in [0.29, 0.717) is 30.5 Å². The normalized spacial score (nSPS) is 14.8. The zero-order valence-electron chi connectivity index (χ0n) is 12.0. The Morgan fingerprint density at radius 3 is 2.10 bits per heavy atom. The highest BCUT2D eigenvalue weighted by Gasteiger charge is 2.21. The standard InChI is InChI=1S/C14H19NO4S/c1-16-11-9-13(18-3)12(17-2)8-10(11)14(20)15-4-6-19-7-5-15/h8-9H,4-7H2,1-3H3. The molecule has 0 aromatic heterocycles. The van der Waals surface area contributed by atoms with E-state index >= 15 is 0 Å². The van der Waals surface area contributed by atoms with Gasteiger partial charge < -0.3 is 23.8 Å². The molecule has 5 nitrogen and oxygen atoms in total. The van der Waals surface area contributed by atoms with Gasteiger partial charge in [-0.2, -0.15) is 0 Å². The summed E-state index contributed by atoms with van der Waals surface area (Å²) in [5.74, 6) is 1.94. The first-order valence-corrected chi connectivity index (χ1v) is 6.79. The predicted molar refractivity (Wildman–Crippen MR) is 80.2 cm³/mol. The molecule has 0 atom stereocenters. The summed E-state index contributed by atoms with van der Waals surface area (Å²) in [6.07, 6.45) is 0. The van der Waals surface area contributed by atoms with Crippen molar-refractivity contribution in [2.45, 2.75) is 0 Å². The van der Waals surface area contributed by atoms with Crippen molar-refractivity contribution in [3.05, 3.63) is 17.7 Å². The zero-order valence-corrected chi connectivity index (χ0v) is 12.8. The van der Waals surface area contributed by atoms with E-state index in [0.717, 1.165) is 23.6 Å². The maximum Gasteiger partial charge on any atom is 0.164 e. The van der Waals surface area contributed by atoms with Gasteiger partial charge in [0.25, 0.3) is 0 Å². The molecule has 2 rings (SSSR count). The second-order valence-electron chi connectivity index (χ2n) is 4.31. The van der Waals surface area contributed by atoms with Gasteiger partial charge in [0.2, 0.25) is 0 Å². The lowest BCUT2D eigenvalue weighted by molar-refractivity contribution is 0.0692. The third kappa shape index (κ3) is 2.96. The second-order valence-corrected chi connectivity index (χ2v) is 4.70. The van der Waals surface area contributed by atoms with Crippen molar-refractivity contribution in [2.75, 3.05) is 47.6 Å². The molecule has 1 aliphatic heterocycles. The van der Waals surface area contributed by atoms with Crippen molar-refractivity contribution in [3.8, 4) is 17.2 Å². The summed E-state index contributed by atoms with van der Waals surface area (Å²) in [4.78, 5) is 2.86. The Balaban J connectivity index is 2.35. The Hall–Kier alpha value is -1.53. The fraction of sp³-hybridized carbons (Fsp3) is 0.500. The molecule has 0 N–H and O–H groups in total. The summed E-state index contributed by atoms with van der Waals surface area (Å²) in [6, 6.07) is 3.65. The molecule has 1 heterocycles. The first-order chi connectivity index (χ1) is 9.71.